The first-order chi connectivity index (χ1) is 26.1. The van der Waals surface area contributed by atoms with Crippen LogP contribution in [0.2, 0.25) is 0 Å². The van der Waals surface area contributed by atoms with Crippen LogP contribution in [0.4, 0.5) is 17.1 Å². The molecular weight excluding hydrogens is 663 g/mol. The molecule has 0 saturated heterocycles. The van der Waals surface area contributed by atoms with E-state index in [1.807, 2.05) is 11.3 Å². The first-order valence-electron chi connectivity index (χ1n) is 18.2. The lowest BCUT2D eigenvalue weighted by molar-refractivity contribution is 0.668. The summed E-state index contributed by atoms with van der Waals surface area (Å²) < 4.78 is 9.30. The minimum Gasteiger partial charge on any atom is -0.455 e. The van der Waals surface area contributed by atoms with E-state index in [1.165, 1.54) is 48.0 Å². The second-order valence-corrected chi connectivity index (χ2v) is 15.3. The number of rotatable bonds is 5. The fourth-order valence-electron chi connectivity index (χ4n) is 8.76. The third-order valence-electron chi connectivity index (χ3n) is 11.3. The Balaban J connectivity index is 1.09. The predicted molar refractivity (Wildman–Crippen MR) is 224 cm³/mol. The van der Waals surface area contributed by atoms with Crippen LogP contribution in [0.15, 0.2) is 186 Å². The minimum absolute atomic E-state index is 0.330. The SMILES string of the molecule is CC1(c2cc(-c3ccc(N(c4ccccc4)c4ccc5c(c4)sc4ccccc45)cc3)c3oc4ccccc4c3c2)c2ccccc2-c2ccccc21. The van der Waals surface area contributed by atoms with E-state index in [0.29, 0.717) is 0 Å². The Kier molecular flexibility index (Phi) is 6.58. The second-order valence-electron chi connectivity index (χ2n) is 14.2. The van der Waals surface area contributed by atoms with Crippen molar-refractivity contribution in [2.75, 3.05) is 4.90 Å². The zero-order valence-corrected chi connectivity index (χ0v) is 29.9. The summed E-state index contributed by atoms with van der Waals surface area (Å²) in [6, 6.07) is 66.2. The van der Waals surface area contributed by atoms with Gasteiger partial charge in [0.25, 0.3) is 0 Å². The molecule has 250 valence electrons. The first kappa shape index (κ1) is 30.2. The Bertz CT molecular complexity index is 2980. The molecule has 0 saturated carbocycles. The van der Waals surface area contributed by atoms with Crippen molar-refractivity contribution in [3.05, 3.63) is 199 Å². The molecular formula is C50H33NOS. The third kappa shape index (κ3) is 4.51. The molecule has 1 aliphatic carbocycles. The van der Waals surface area contributed by atoms with E-state index < -0.39 is 0 Å². The molecule has 0 fully saturated rings. The Morgan fingerprint density at radius 2 is 1.06 bits per heavy atom. The second kappa shape index (κ2) is 11.5. The van der Waals surface area contributed by atoms with E-state index in [0.717, 1.165) is 50.1 Å². The number of hydrogen-bond acceptors (Lipinski definition) is 3. The van der Waals surface area contributed by atoms with E-state index in [4.69, 9.17) is 4.42 Å². The van der Waals surface area contributed by atoms with Crippen LogP contribution >= 0.6 is 11.3 Å². The van der Waals surface area contributed by atoms with Crippen LogP contribution in [-0.2, 0) is 5.41 Å². The van der Waals surface area contributed by atoms with Gasteiger partial charge in [-0.25, -0.2) is 0 Å². The Hall–Kier alpha value is -6.42. The van der Waals surface area contributed by atoms with Crippen LogP contribution in [0.3, 0.4) is 0 Å². The molecule has 11 rings (SSSR count). The quantitative estimate of drug-likeness (QED) is 0.178. The maximum absolute atomic E-state index is 6.70. The van der Waals surface area contributed by atoms with Crippen LogP contribution in [0.25, 0.3) is 64.4 Å². The minimum atomic E-state index is -0.330. The van der Waals surface area contributed by atoms with Gasteiger partial charge in [0.05, 0.1) is 0 Å². The van der Waals surface area contributed by atoms with Gasteiger partial charge in [-0.2, -0.15) is 0 Å². The highest BCUT2D eigenvalue weighted by molar-refractivity contribution is 7.25. The van der Waals surface area contributed by atoms with Crippen LogP contribution in [-0.4, -0.2) is 0 Å². The van der Waals surface area contributed by atoms with E-state index in [-0.39, 0.29) is 5.41 Å². The molecule has 0 bridgehead atoms. The molecule has 10 aromatic rings. The normalized spacial score (nSPS) is 13.2. The van der Waals surface area contributed by atoms with Gasteiger partial charge < -0.3 is 9.32 Å². The molecule has 0 N–H and O–H groups in total. The smallest absolute Gasteiger partial charge is 0.143 e. The van der Waals surface area contributed by atoms with Crippen molar-refractivity contribution in [2.24, 2.45) is 0 Å². The maximum atomic E-state index is 6.70. The number of benzene rings is 8. The summed E-state index contributed by atoms with van der Waals surface area (Å²) in [5, 5.41) is 4.89. The van der Waals surface area contributed by atoms with E-state index in [1.54, 1.807) is 0 Å². The van der Waals surface area contributed by atoms with Gasteiger partial charge in [-0.15, -0.1) is 11.3 Å². The number of hydrogen-bond donors (Lipinski definition) is 0. The van der Waals surface area contributed by atoms with Crippen LogP contribution in [0.5, 0.6) is 0 Å². The lowest BCUT2D eigenvalue weighted by Gasteiger charge is -2.29. The molecule has 8 aromatic carbocycles. The highest BCUT2D eigenvalue weighted by atomic mass is 32.1. The van der Waals surface area contributed by atoms with Gasteiger partial charge in [-0.3, -0.25) is 0 Å². The standard InChI is InChI=1S/C50H33NOS/c1-50(44-19-9-5-15-37(44)38-16-6-10-20-45(38)50)33-29-42(49-43(30-33)39-17-7-11-21-46(39)52-49)32-23-25-35(26-24-32)51(34-13-3-2-4-14-34)36-27-28-41-40-18-8-12-22-47(40)53-48(41)31-36/h2-31H,1H3. The molecule has 2 aromatic heterocycles. The van der Waals surface area contributed by atoms with Crippen molar-refractivity contribution in [3.63, 3.8) is 0 Å². The Morgan fingerprint density at radius 1 is 0.453 bits per heavy atom. The lowest BCUT2D eigenvalue weighted by Crippen LogP contribution is -2.22. The molecule has 2 heterocycles. The zero-order valence-electron chi connectivity index (χ0n) is 29.1. The summed E-state index contributed by atoms with van der Waals surface area (Å²) in [7, 11) is 0. The van der Waals surface area contributed by atoms with Crippen molar-refractivity contribution >= 4 is 70.5 Å². The molecule has 0 radical (unpaired) electrons. The third-order valence-corrected chi connectivity index (χ3v) is 12.5. The number of para-hydroxylation sites is 2. The molecule has 3 heteroatoms. The highest BCUT2D eigenvalue weighted by Crippen LogP contribution is 2.54. The summed E-state index contributed by atoms with van der Waals surface area (Å²) in [4.78, 5) is 2.36. The lowest BCUT2D eigenvalue weighted by atomic mass is 9.73. The van der Waals surface area contributed by atoms with Gasteiger partial charge in [0.2, 0.25) is 0 Å². The van der Waals surface area contributed by atoms with Gasteiger partial charge in [0.15, 0.2) is 0 Å². The fraction of sp³-hybridized carbons (Fsp3) is 0.0400. The largest absolute Gasteiger partial charge is 0.455 e. The number of nitrogens with zero attached hydrogens (tertiary/aromatic N) is 1. The van der Waals surface area contributed by atoms with Crippen LogP contribution in [0.1, 0.15) is 23.6 Å². The van der Waals surface area contributed by atoms with Gasteiger partial charge in [-0.1, -0.05) is 121 Å². The van der Waals surface area contributed by atoms with Gasteiger partial charge in [0, 0.05) is 59.0 Å². The summed E-state index contributed by atoms with van der Waals surface area (Å²) in [5.41, 5.74) is 13.6. The maximum Gasteiger partial charge on any atom is 0.143 e. The monoisotopic (exact) mass is 695 g/mol. The van der Waals surface area contributed by atoms with Gasteiger partial charge >= 0.3 is 0 Å². The van der Waals surface area contributed by atoms with E-state index in [2.05, 4.69) is 194 Å². The topological polar surface area (TPSA) is 16.4 Å². The molecule has 2 nitrogen and oxygen atoms in total. The Morgan fingerprint density at radius 3 is 1.83 bits per heavy atom. The predicted octanol–water partition coefficient (Wildman–Crippen LogP) is 14.4. The average molecular weight is 696 g/mol. The van der Waals surface area contributed by atoms with Gasteiger partial charge in [-0.05, 0) is 101 Å². The Labute approximate surface area is 311 Å². The molecule has 0 unspecified atom stereocenters. The summed E-state index contributed by atoms with van der Waals surface area (Å²) >= 11 is 1.85. The molecule has 53 heavy (non-hydrogen) atoms. The zero-order chi connectivity index (χ0) is 35.1. The van der Waals surface area contributed by atoms with Crippen molar-refractivity contribution in [1.29, 1.82) is 0 Å². The molecule has 0 amide bonds. The van der Waals surface area contributed by atoms with E-state index in [9.17, 15) is 0 Å². The molecule has 1 aliphatic rings. The van der Waals surface area contributed by atoms with Crippen molar-refractivity contribution < 1.29 is 4.42 Å². The molecule has 0 spiro atoms. The summed E-state index contributed by atoms with van der Waals surface area (Å²) in [6.07, 6.45) is 0. The number of fused-ring (bicyclic) bond motifs is 9. The molecule has 0 atom stereocenters. The molecule has 0 aliphatic heterocycles. The first-order valence-corrected chi connectivity index (χ1v) is 19.0. The van der Waals surface area contributed by atoms with E-state index >= 15 is 0 Å². The average Bonchev–Trinajstić information content (AvgIpc) is 3.87. The number of furan rings is 1. The number of thiophene rings is 1. The highest BCUT2D eigenvalue weighted by Gasteiger charge is 2.41. The van der Waals surface area contributed by atoms with Crippen molar-refractivity contribution in [2.45, 2.75) is 12.3 Å². The fourth-order valence-corrected chi connectivity index (χ4v) is 9.90. The summed E-state index contributed by atoms with van der Waals surface area (Å²) in [5.74, 6) is 0. The van der Waals surface area contributed by atoms with Gasteiger partial charge in [0.1, 0.15) is 11.2 Å². The van der Waals surface area contributed by atoms with Crippen molar-refractivity contribution in [3.8, 4) is 22.3 Å². The summed E-state index contributed by atoms with van der Waals surface area (Å²) in [6.45, 7) is 2.39. The van der Waals surface area contributed by atoms with Crippen LogP contribution < -0.4 is 4.90 Å². The van der Waals surface area contributed by atoms with Crippen LogP contribution in [0, 0.1) is 0 Å². The van der Waals surface area contributed by atoms with Crippen molar-refractivity contribution in [1.82, 2.24) is 0 Å². The number of anilines is 3.